The number of likely N-dealkylation sites (tertiary alicyclic amines) is 1. The van der Waals surface area contributed by atoms with Crippen molar-refractivity contribution in [1.29, 1.82) is 0 Å². The van der Waals surface area contributed by atoms with Crippen molar-refractivity contribution in [3.05, 3.63) is 60.6 Å². The lowest BCUT2D eigenvalue weighted by molar-refractivity contribution is -0.132. The molecule has 122 valence electrons. The van der Waals surface area contributed by atoms with Crippen LogP contribution < -0.4 is 0 Å². The maximum atomic E-state index is 12.8. The van der Waals surface area contributed by atoms with E-state index in [4.69, 9.17) is 0 Å². The first-order valence-electron chi connectivity index (χ1n) is 8.41. The monoisotopic (exact) mass is 320 g/mol. The zero-order valence-electron chi connectivity index (χ0n) is 13.5. The molecule has 1 atom stereocenters. The third kappa shape index (κ3) is 2.89. The van der Waals surface area contributed by atoms with Crippen molar-refractivity contribution >= 4 is 16.8 Å². The lowest BCUT2D eigenvalue weighted by atomic mass is 10.0. The van der Waals surface area contributed by atoms with E-state index in [1.165, 1.54) is 0 Å². The maximum Gasteiger partial charge on any atom is 0.227 e. The molecule has 0 aliphatic carbocycles. The number of nitrogens with zero attached hydrogens (tertiary/aromatic N) is 4. The molecule has 1 aromatic carbocycles. The van der Waals surface area contributed by atoms with Gasteiger partial charge in [0.1, 0.15) is 0 Å². The Kier molecular flexibility index (Phi) is 3.99. The number of carbonyl (C=O) groups is 1. The van der Waals surface area contributed by atoms with Gasteiger partial charge in [0.25, 0.3) is 0 Å². The van der Waals surface area contributed by atoms with Gasteiger partial charge in [-0.25, -0.2) is 0 Å². The fourth-order valence-electron chi connectivity index (χ4n) is 3.48. The molecular formula is C19H20N4O. The number of aromatic nitrogens is 3. The summed E-state index contributed by atoms with van der Waals surface area (Å²) in [5.41, 5.74) is 1.92. The first-order valence-corrected chi connectivity index (χ1v) is 8.41. The number of fused-ring (bicyclic) bond motifs is 1. The molecule has 2 aromatic heterocycles. The number of pyridine rings is 1. The highest BCUT2D eigenvalue weighted by molar-refractivity contribution is 5.87. The highest BCUT2D eigenvalue weighted by Gasteiger charge is 2.25. The largest absolute Gasteiger partial charge is 0.340 e. The van der Waals surface area contributed by atoms with E-state index in [0.717, 1.165) is 42.4 Å². The van der Waals surface area contributed by atoms with Gasteiger partial charge in [0.15, 0.2) is 0 Å². The Morgan fingerprint density at radius 1 is 1.17 bits per heavy atom. The molecule has 24 heavy (non-hydrogen) atoms. The molecule has 5 heteroatoms. The van der Waals surface area contributed by atoms with E-state index in [1.807, 2.05) is 52.2 Å². The third-order valence-corrected chi connectivity index (χ3v) is 4.71. The highest BCUT2D eigenvalue weighted by Crippen LogP contribution is 2.22. The van der Waals surface area contributed by atoms with Crippen LogP contribution in [0.2, 0.25) is 0 Å². The van der Waals surface area contributed by atoms with Crippen LogP contribution in [0.4, 0.5) is 0 Å². The summed E-state index contributed by atoms with van der Waals surface area (Å²) in [6, 6.07) is 12.2. The first kappa shape index (κ1) is 14.9. The molecule has 3 heterocycles. The summed E-state index contributed by atoms with van der Waals surface area (Å²) in [6.07, 6.45) is 8.05. The molecule has 0 saturated carbocycles. The van der Waals surface area contributed by atoms with Crippen molar-refractivity contribution in [1.82, 2.24) is 19.7 Å². The molecule has 4 rings (SSSR count). The molecule has 1 unspecified atom stereocenters. The second-order valence-corrected chi connectivity index (χ2v) is 6.29. The van der Waals surface area contributed by atoms with Crippen LogP contribution in [0.3, 0.4) is 0 Å². The normalized spacial score (nSPS) is 18.0. The van der Waals surface area contributed by atoms with Crippen molar-refractivity contribution in [3.8, 4) is 0 Å². The topological polar surface area (TPSA) is 51.0 Å². The van der Waals surface area contributed by atoms with Gasteiger partial charge in [0.05, 0.1) is 18.0 Å². The molecule has 5 nitrogen and oxygen atoms in total. The van der Waals surface area contributed by atoms with Gasteiger partial charge in [-0.15, -0.1) is 0 Å². The van der Waals surface area contributed by atoms with Crippen molar-refractivity contribution in [3.63, 3.8) is 0 Å². The minimum Gasteiger partial charge on any atom is -0.340 e. The van der Waals surface area contributed by atoms with Crippen LogP contribution >= 0.6 is 0 Å². The van der Waals surface area contributed by atoms with Gasteiger partial charge in [-0.05, 0) is 30.5 Å². The number of piperidine rings is 1. The molecule has 3 aromatic rings. The molecule has 1 aliphatic heterocycles. The van der Waals surface area contributed by atoms with E-state index >= 15 is 0 Å². The number of rotatable bonds is 3. The lowest BCUT2D eigenvalue weighted by Gasteiger charge is -2.33. The molecule has 0 radical (unpaired) electrons. The van der Waals surface area contributed by atoms with Crippen molar-refractivity contribution in [2.45, 2.75) is 25.3 Å². The second kappa shape index (κ2) is 6.43. The zero-order valence-corrected chi connectivity index (χ0v) is 13.5. The van der Waals surface area contributed by atoms with Crippen LogP contribution in [0.25, 0.3) is 10.9 Å². The Labute approximate surface area is 140 Å². The average Bonchev–Trinajstić information content (AvgIpc) is 3.17. The quantitative estimate of drug-likeness (QED) is 0.745. The predicted octanol–water partition coefficient (Wildman–Crippen LogP) is 2.84. The molecule has 1 amide bonds. The van der Waals surface area contributed by atoms with Gasteiger partial charge < -0.3 is 4.90 Å². The van der Waals surface area contributed by atoms with Crippen LogP contribution in [0.1, 0.15) is 24.4 Å². The summed E-state index contributed by atoms with van der Waals surface area (Å²) in [5.74, 6) is 0.171. The SMILES string of the molecule is O=C(Cc1cccc2cccnc12)N1CCCC(n2cccn2)C1. The van der Waals surface area contributed by atoms with Gasteiger partial charge in [0.2, 0.25) is 5.91 Å². The summed E-state index contributed by atoms with van der Waals surface area (Å²) in [6.45, 7) is 1.56. The van der Waals surface area contributed by atoms with Crippen molar-refractivity contribution in [2.75, 3.05) is 13.1 Å². The van der Waals surface area contributed by atoms with Crippen LogP contribution in [-0.4, -0.2) is 38.7 Å². The van der Waals surface area contributed by atoms with E-state index in [0.29, 0.717) is 6.42 Å². The minimum atomic E-state index is 0.171. The Hall–Kier alpha value is -2.69. The lowest BCUT2D eigenvalue weighted by Crippen LogP contribution is -2.41. The number of hydrogen-bond donors (Lipinski definition) is 0. The van der Waals surface area contributed by atoms with Gasteiger partial charge in [-0.1, -0.05) is 24.3 Å². The molecule has 1 fully saturated rings. The summed E-state index contributed by atoms with van der Waals surface area (Å²) in [5, 5.41) is 5.41. The van der Waals surface area contributed by atoms with E-state index in [-0.39, 0.29) is 11.9 Å². The molecule has 0 spiro atoms. The number of benzene rings is 1. The van der Waals surface area contributed by atoms with E-state index in [9.17, 15) is 4.79 Å². The second-order valence-electron chi connectivity index (χ2n) is 6.29. The van der Waals surface area contributed by atoms with E-state index in [2.05, 4.69) is 10.1 Å². The zero-order chi connectivity index (χ0) is 16.4. The fourth-order valence-corrected chi connectivity index (χ4v) is 3.48. The summed E-state index contributed by atoms with van der Waals surface area (Å²) in [4.78, 5) is 19.2. The Balaban J connectivity index is 1.51. The molecule has 1 aliphatic rings. The van der Waals surface area contributed by atoms with Gasteiger partial charge in [-0.2, -0.15) is 5.10 Å². The smallest absolute Gasteiger partial charge is 0.227 e. The number of amides is 1. The first-order chi connectivity index (χ1) is 11.8. The minimum absolute atomic E-state index is 0.171. The number of carbonyl (C=O) groups excluding carboxylic acids is 1. The fraction of sp³-hybridized carbons (Fsp3) is 0.316. The maximum absolute atomic E-state index is 12.8. The molecule has 0 N–H and O–H groups in total. The van der Waals surface area contributed by atoms with Gasteiger partial charge in [-0.3, -0.25) is 14.5 Å². The Morgan fingerprint density at radius 2 is 2.08 bits per heavy atom. The number of para-hydroxylation sites is 1. The van der Waals surface area contributed by atoms with Crippen molar-refractivity contribution < 1.29 is 4.79 Å². The Morgan fingerprint density at radius 3 is 2.96 bits per heavy atom. The summed E-state index contributed by atoms with van der Waals surface area (Å²) >= 11 is 0. The third-order valence-electron chi connectivity index (χ3n) is 4.71. The molecule has 0 bridgehead atoms. The summed E-state index contributed by atoms with van der Waals surface area (Å²) in [7, 11) is 0. The van der Waals surface area contributed by atoms with E-state index < -0.39 is 0 Å². The van der Waals surface area contributed by atoms with Crippen LogP contribution in [0, 0.1) is 0 Å². The van der Waals surface area contributed by atoms with Gasteiger partial charge in [0, 0.05) is 37.1 Å². The standard InChI is InChI=1S/C19H20N4O/c24-18(13-16-6-1-5-15-7-2-9-20-19(15)16)22-11-3-8-17(14-22)23-12-4-10-21-23/h1-2,4-7,9-10,12,17H,3,8,11,13-14H2. The average molecular weight is 320 g/mol. The predicted molar refractivity (Wildman–Crippen MR) is 92.5 cm³/mol. The van der Waals surface area contributed by atoms with Crippen molar-refractivity contribution in [2.24, 2.45) is 0 Å². The summed E-state index contributed by atoms with van der Waals surface area (Å²) < 4.78 is 1.97. The van der Waals surface area contributed by atoms with Crippen LogP contribution in [0.5, 0.6) is 0 Å². The number of hydrogen-bond acceptors (Lipinski definition) is 3. The molecule has 1 saturated heterocycles. The van der Waals surface area contributed by atoms with Gasteiger partial charge >= 0.3 is 0 Å². The highest BCUT2D eigenvalue weighted by atomic mass is 16.2. The van der Waals surface area contributed by atoms with Crippen LogP contribution in [-0.2, 0) is 11.2 Å². The molecular weight excluding hydrogens is 300 g/mol. The van der Waals surface area contributed by atoms with Crippen LogP contribution in [0.15, 0.2) is 55.0 Å². The Bertz CT molecular complexity index is 838. The van der Waals surface area contributed by atoms with E-state index in [1.54, 1.807) is 12.4 Å².